The van der Waals surface area contributed by atoms with Crippen LogP contribution in [-0.2, 0) is 4.79 Å². The molecule has 6 nitrogen and oxygen atoms in total. The van der Waals surface area contributed by atoms with Crippen molar-refractivity contribution in [2.45, 2.75) is 30.8 Å². The van der Waals surface area contributed by atoms with Gasteiger partial charge in [0.2, 0.25) is 5.91 Å². The highest BCUT2D eigenvalue weighted by Gasteiger charge is 2.32. The van der Waals surface area contributed by atoms with Gasteiger partial charge in [0.1, 0.15) is 0 Å². The quantitative estimate of drug-likeness (QED) is 0.296. The number of benzene rings is 4. The first-order chi connectivity index (χ1) is 20.0. The molecule has 5 rings (SSSR count). The van der Waals surface area contributed by atoms with E-state index in [0.29, 0.717) is 31.6 Å². The van der Waals surface area contributed by atoms with Crippen LogP contribution >= 0.6 is 0 Å². The van der Waals surface area contributed by atoms with Gasteiger partial charge >= 0.3 is 0 Å². The van der Waals surface area contributed by atoms with Crippen LogP contribution in [-0.4, -0.2) is 74.0 Å². The predicted molar refractivity (Wildman–Crippen MR) is 166 cm³/mol. The van der Waals surface area contributed by atoms with Gasteiger partial charge in [-0.05, 0) is 67.5 Å². The molecule has 0 bridgehead atoms. The van der Waals surface area contributed by atoms with Crippen molar-refractivity contribution in [1.29, 1.82) is 0 Å². The molecule has 6 heteroatoms. The summed E-state index contributed by atoms with van der Waals surface area (Å²) < 4.78 is 0. The van der Waals surface area contributed by atoms with Gasteiger partial charge < -0.3 is 20.4 Å². The molecule has 0 unspecified atom stereocenters. The molecule has 1 saturated heterocycles. The van der Waals surface area contributed by atoms with Gasteiger partial charge in [-0.1, -0.05) is 91.0 Å². The summed E-state index contributed by atoms with van der Waals surface area (Å²) in [4.78, 5) is 31.2. The number of fused-ring (bicyclic) bond motifs is 1. The van der Waals surface area contributed by atoms with E-state index in [9.17, 15) is 9.59 Å². The summed E-state index contributed by atoms with van der Waals surface area (Å²) in [5, 5.41) is 8.89. The zero-order valence-corrected chi connectivity index (χ0v) is 24.0. The van der Waals surface area contributed by atoms with Crippen molar-refractivity contribution in [2.24, 2.45) is 0 Å². The maximum absolute atomic E-state index is 13.9. The number of nitrogens with one attached hydrogen (secondary N) is 2. The number of nitrogens with zero attached hydrogens (tertiary/aromatic N) is 2. The molecule has 2 atom stereocenters. The van der Waals surface area contributed by atoms with Crippen molar-refractivity contribution in [3.05, 3.63) is 120 Å². The molecule has 1 aliphatic heterocycles. The average Bonchev–Trinajstić information content (AvgIpc) is 3.16. The van der Waals surface area contributed by atoms with Gasteiger partial charge in [-0.15, -0.1) is 0 Å². The molecule has 0 aliphatic carbocycles. The maximum atomic E-state index is 13.9. The summed E-state index contributed by atoms with van der Waals surface area (Å²) in [5.41, 5.74) is 3.05. The lowest BCUT2D eigenvalue weighted by Gasteiger charge is -2.29. The van der Waals surface area contributed by atoms with Crippen LogP contribution in [0.2, 0.25) is 0 Å². The molecule has 0 spiro atoms. The minimum absolute atomic E-state index is 0.00702. The van der Waals surface area contributed by atoms with Crippen molar-refractivity contribution in [2.75, 3.05) is 40.3 Å². The Bertz CT molecular complexity index is 1400. The molecule has 1 heterocycles. The third kappa shape index (κ3) is 7.40. The normalized spacial score (nSPS) is 17.7. The van der Waals surface area contributed by atoms with Gasteiger partial charge in [-0.2, -0.15) is 0 Å². The van der Waals surface area contributed by atoms with Gasteiger partial charge in [0.15, 0.2) is 0 Å². The molecule has 1 aliphatic rings. The smallest absolute Gasteiger partial charge is 0.251 e. The highest BCUT2D eigenvalue weighted by molar-refractivity contribution is 5.98. The van der Waals surface area contributed by atoms with Crippen LogP contribution < -0.4 is 10.6 Å². The third-order valence-corrected chi connectivity index (χ3v) is 7.99. The second-order valence-electron chi connectivity index (χ2n) is 11.2. The Hall–Kier alpha value is -4.00. The van der Waals surface area contributed by atoms with E-state index in [0.717, 1.165) is 23.7 Å². The third-order valence-electron chi connectivity index (χ3n) is 7.99. The summed E-state index contributed by atoms with van der Waals surface area (Å²) in [6.07, 6.45) is 1.47. The van der Waals surface area contributed by atoms with E-state index in [2.05, 4.69) is 64.1 Å². The first-order valence-electron chi connectivity index (χ1n) is 14.5. The summed E-state index contributed by atoms with van der Waals surface area (Å²) in [7, 11) is 4.06. The van der Waals surface area contributed by atoms with Gasteiger partial charge in [0, 0.05) is 37.2 Å². The van der Waals surface area contributed by atoms with E-state index < -0.39 is 0 Å². The van der Waals surface area contributed by atoms with Crippen LogP contribution in [0.25, 0.3) is 10.8 Å². The lowest BCUT2D eigenvalue weighted by molar-refractivity contribution is -0.133. The first-order valence-corrected chi connectivity index (χ1v) is 14.5. The number of carbonyl (C=O) groups is 2. The Kier molecular flexibility index (Phi) is 9.44. The van der Waals surface area contributed by atoms with Crippen molar-refractivity contribution in [3.8, 4) is 0 Å². The molecule has 4 aromatic rings. The van der Waals surface area contributed by atoms with E-state index >= 15 is 0 Å². The van der Waals surface area contributed by atoms with E-state index in [1.807, 2.05) is 73.6 Å². The molecule has 41 heavy (non-hydrogen) atoms. The molecule has 2 amide bonds. The molecule has 0 radical (unpaired) electrons. The lowest BCUT2D eigenvalue weighted by Crippen LogP contribution is -2.50. The summed E-state index contributed by atoms with van der Waals surface area (Å²) >= 11 is 0. The van der Waals surface area contributed by atoms with Crippen molar-refractivity contribution >= 4 is 22.6 Å². The van der Waals surface area contributed by atoms with Crippen LogP contribution in [0.1, 0.15) is 40.2 Å². The van der Waals surface area contributed by atoms with Gasteiger partial charge in [0.25, 0.3) is 5.91 Å². The fourth-order valence-electron chi connectivity index (χ4n) is 5.66. The van der Waals surface area contributed by atoms with Gasteiger partial charge in [0.05, 0.1) is 6.04 Å². The molecular formula is C35H40N4O2. The Labute approximate surface area is 243 Å². The fraction of sp³-hybridized carbons (Fsp3) is 0.314. The molecule has 212 valence electrons. The minimum atomic E-state index is -0.310. The van der Waals surface area contributed by atoms with Crippen molar-refractivity contribution < 1.29 is 9.59 Å². The monoisotopic (exact) mass is 548 g/mol. The number of amides is 2. The summed E-state index contributed by atoms with van der Waals surface area (Å²) in [5.74, 6) is 0.120. The van der Waals surface area contributed by atoms with Crippen LogP contribution in [0, 0.1) is 0 Å². The SMILES string of the molecule is CN(C)CC[C@@H]1N[C@H](CNC(=O)c2ccc3ccccc3c2)CCN(CC(c2ccccc2)c2ccccc2)C1=O. The molecule has 0 saturated carbocycles. The van der Waals surface area contributed by atoms with Crippen LogP contribution in [0.15, 0.2) is 103 Å². The number of rotatable bonds is 10. The Balaban J connectivity index is 1.31. The zero-order chi connectivity index (χ0) is 28.6. The Morgan fingerprint density at radius 1 is 0.902 bits per heavy atom. The average molecular weight is 549 g/mol. The topological polar surface area (TPSA) is 64.7 Å². The Morgan fingerprint density at radius 2 is 1.54 bits per heavy atom. The van der Waals surface area contributed by atoms with E-state index in [1.54, 1.807) is 0 Å². The largest absolute Gasteiger partial charge is 0.350 e. The second-order valence-corrected chi connectivity index (χ2v) is 11.2. The Morgan fingerprint density at radius 3 is 2.20 bits per heavy atom. The molecule has 1 fully saturated rings. The van der Waals surface area contributed by atoms with E-state index in [4.69, 9.17) is 0 Å². The van der Waals surface area contributed by atoms with Crippen LogP contribution in [0.4, 0.5) is 0 Å². The minimum Gasteiger partial charge on any atom is -0.350 e. The van der Waals surface area contributed by atoms with E-state index in [1.165, 1.54) is 11.1 Å². The number of hydrogen-bond donors (Lipinski definition) is 2. The number of carbonyl (C=O) groups excluding carboxylic acids is 2. The van der Waals surface area contributed by atoms with Crippen LogP contribution in [0.3, 0.4) is 0 Å². The summed E-state index contributed by atoms with van der Waals surface area (Å²) in [6.45, 7) is 2.51. The second kappa shape index (κ2) is 13.6. The predicted octanol–water partition coefficient (Wildman–Crippen LogP) is 4.91. The lowest BCUT2D eigenvalue weighted by atomic mass is 9.90. The molecule has 2 N–H and O–H groups in total. The highest BCUT2D eigenvalue weighted by Crippen LogP contribution is 2.27. The molecule has 4 aromatic carbocycles. The van der Waals surface area contributed by atoms with Crippen LogP contribution in [0.5, 0.6) is 0 Å². The maximum Gasteiger partial charge on any atom is 0.251 e. The highest BCUT2D eigenvalue weighted by atomic mass is 16.2. The van der Waals surface area contributed by atoms with E-state index in [-0.39, 0.29) is 29.8 Å². The van der Waals surface area contributed by atoms with Gasteiger partial charge in [-0.25, -0.2) is 0 Å². The molecular weight excluding hydrogens is 508 g/mol. The fourth-order valence-corrected chi connectivity index (χ4v) is 5.66. The van der Waals surface area contributed by atoms with Crippen molar-refractivity contribution in [1.82, 2.24) is 20.4 Å². The first kappa shape index (κ1) is 28.5. The van der Waals surface area contributed by atoms with Gasteiger partial charge in [-0.3, -0.25) is 9.59 Å². The zero-order valence-electron chi connectivity index (χ0n) is 24.0. The van der Waals surface area contributed by atoms with Crippen molar-refractivity contribution in [3.63, 3.8) is 0 Å². The standard InChI is InChI=1S/C35H40N4O2/c1-38(2)21-20-33-35(41)39(25-32(27-12-5-3-6-13-27)28-14-7-4-8-15-28)22-19-31(37-33)24-36-34(40)30-18-17-26-11-9-10-16-29(26)23-30/h3-18,23,31-33,37H,19-22,24-25H2,1-2H3,(H,36,40)/t31-,33-/m0/s1. The molecule has 0 aromatic heterocycles. The summed E-state index contributed by atoms with van der Waals surface area (Å²) in [6, 6.07) is 34.4. The number of hydrogen-bond acceptors (Lipinski definition) is 4.